The number of aromatic nitrogens is 1. The average Bonchev–Trinajstić information content (AvgIpc) is 2.90. The third kappa shape index (κ3) is 3.05. The first-order chi connectivity index (χ1) is 9.51. The highest BCUT2D eigenvalue weighted by atomic mass is 32.1. The lowest BCUT2D eigenvalue weighted by Gasteiger charge is -2.04. The molecule has 5 heteroatoms. The van der Waals surface area contributed by atoms with Crippen molar-refractivity contribution in [2.24, 2.45) is 0 Å². The second kappa shape index (κ2) is 5.88. The van der Waals surface area contributed by atoms with Gasteiger partial charge in [-0.3, -0.25) is 4.79 Å². The van der Waals surface area contributed by atoms with Crippen molar-refractivity contribution in [2.45, 2.75) is 13.8 Å². The fourth-order valence-electron chi connectivity index (χ4n) is 1.85. The van der Waals surface area contributed by atoms with E-state index in [0.717, 1.165) is 21.7 Å². The van der Waals surface area contributed by atoms with Crippen LogP contribution in [0.3, 0.4) is 0 Å². The van der Waals surface area contributed by atoms with Crippen molar-refractivity contribution >= 4 is 29.4 Å². The molecule has 0 fully saturated rings. The summed E-state index contributed by atoms with van der Waals surface area (Å²) in [5.74, 6) is 0.205. The van der Waals surface area contributed by atoms with Gasteiger partial charge in [0.2, 0.25) is 0 Å². The Morgan fingerprint density at radius 2 is 1.95 bits per heavy atom. The van der Waals surface area contributed by atoms with Crippen molar-refractivity contribution in [1.29, 1.82) is 0 Å². The molecule has 104 valence electrons. The molecule has 1 amide bonds. The summed E-state index contributed by atoms with van der Waals surface area (Å²) >= 11 is 1.34. The third-order valence-electron chi connectivity index (χ3n) is 2.91. The number of carbonyl (C=O) groups is 1. The molecule has 1 aromatic heterocycles. The highest BCUT2D eigenvalue weighted by Crippen LogP contribution is 2.24. The molecule has 20 heavy (non-hydrogen) atoms. The number of thiazole rings is 1. The predicted molar refractivity (Wildman–Crippen MR) is 82.0 cm³/mol. The number of nitrogens with zero attached hydrogens (tertiary/aromatic N) is 1. The van der Waals surface area contributed by atoms with Gasteiger partial charge >= 0.3 is 0 Å². The number of carbonyl (C=O) groups excluding carboxylic acids is 1. The van der Waals surface area contributed by atoms with E-state index in [2.05, 4.69) is 10.3 Å². The molecule has 0 radical (unpaired) electrons. The van der Waals surface area contributed by atoms with Crippen molar-refractivity contribution in [3.63, 3.8) is 0 Å². The van der Waals surface area contributed by atoms with Crippen LogP contribution in [-0.2, 0) is 0 Å². The van der Waals surface area contributed by atoms with Crippen LogP contribution in [0.15, 0.2) is 18.3 Å². The molecular formula is C15H16N2O2S. The Hall–Kier alpha value is -2.14. The molecule has 0 bridgehead atoms. The molecule has 2 rings (SSSR count). The van der Waals surface area contributed by atoms with Gasteiger partial charge in [-0.05, 0) is 48.7 Å². The van der Waals surface area contributed by atoms with Crippen molar-refractivity contribution in [3.8, 4) is 5.75 Å². The SMILES string of the molecule is CNC(=O)c1cnc(C=Cc2cc(C)c(O)c(C)c2)s1. The molecule has 0 aliphatic heterocycles. The minimum atomic E-state index is -0.126. The Labute approximate surface area is 121 Å². The van der Waals surface area contributed by atoms with Gasteiger partial charge in [0.25, 0.3) is 5.91 Å². The van der Waals surface area contributed by atoms with Crippen LogP contribution in [0.4, 0.5) is 0 Å². The van der Waals surface area contributed by atoms with Crippen LogP contribution in [0, 0.1) is 13.8 Å². The van der Waals surface area contributed by atoms with E-state index < -0.39 is 0 Å². The normalized spacial score (nSPS) is 10.9. The van der Waals surface area contributed by atoms with Crippen LogP contribution in [-0.4, -0.2) is 23.0 Å². The van der Waals surface area contributed by atoms with Gasteiger partial charge in [-0.25, -0.2) is 4.98 Å². The van der Waals surface area contributed by atoms with Crippen LogP contribution in [0.25, 0.3) is 12.2 Å². The standard InChI is InChI=1S/C15H16N2O2S/c1-9-6-11(7-10(2)14(9)18)4-5-13-17-8-12(20-13)15(19)16-3/h4-8,18H,1-3H3,(H,16,19). The van der Waals surface area contributed by atoms with Crippen molar-refractivity contribution in [1.82, 2.24) is 10.3 Å². The highest BCUT2D eigenvalue weighted by Gasteiger charge is 2.07. The summed E-state index contributed by atoms with van der Waals surface area (Å²) < 4.78 is 0. The molecule has 1 heterocycles. The van der Waals surface area contributed by atoms with Crippen LogP contribution in [0.2, 0.25) is 0 Å². The van der Waals surface area contributed by atoms with E-state index in [9.17, 15) is 9.90 Å². The number of phenols is 1. The van der Waals surface area contributed by atoms with E-state index in [1.54, 1.807) is 13.2 Å². The highest BCUT2D eigenvalue weighted by molar-refractivity contribution is 7.14. The van der Waals surface area contributed by atoms with E-state index in [-0.39, 0.29) is 5.91 Å². The summed E-state index contributed by atoms with van der Waals surface area (Å²) in [6.45, 7) is 3.74. The maximum Gasteiger partial charge on any atom is 0.262 e. The number of hydrogen-bond acceptors (Lipinski definition) is 4. The molecule has 0 aliphatic rings. The maximum absolute atomic E-state index is 11.4. The quantitative estimate of drug-likeness (QED) is 0.912. The second-order valence-electron chi connectivity index (χ2n) is 4.48. The second-order valence-corrected chi connectivity index (χ2v) is 5.54. The topological polar surface area (TPSA) is 62.2 Å². The molecule has 1 aromatic carbocycles. The van der Waals surface area contributed by atoms with Gasteiger partial charge < -0.3 is 10.4 Å². The van der Waals surface area contributed by atoms with E-state index in [1.807, 2.05) is 38.1 Å². The number of rotatable bonds is 3. The minimum Gasteiger partial charge on any atom is -0.507 e. The zero-order valence-corrected chi connectivity index (χ0v) is 12.4. The number of aromatic hydroxyl groups is 1. The van der Waals surface area contributed by atoms with Crippen molar-refractivity contribution in [3.05, 3.63) is 44.9 Å². The van der Waals surface area contributed by atoms with E-state index in [4.69, 9.17) is 0 Å². The number of nitrogens with one attached hydrogen (secondary N) is 1. The molecule has 0 atom stereocenters. The molecule has 0 saturated heterocycles. The van der Waals surface area contributed by atoms with E-state index in [1.165, 1.54) is 11.3 Å². The Balaban J connectivity index is 2.21. The molecule has 0 aliphatic carbocycles. The molecule has 0 saturated carbocycles. The molecule has 0 unspecified atom stereocenters. The zero-order chi connectivity index (χ0) is 14.7. The smallest absolute Gasteiger partial charge is 0.262 e. The Bertz CT molecular complexity index is 651. The predicted octanol–water partition coefficient (Wildman–Crippen LogP) is 3.00. The summed E-state index contributed by atoms with van der Waals surface area (Å²) in [6, 6.07) is 3.82. The van der Waals surface area contributed by atoms with Gasteiger partial charge in [0.15, 0.2) is 0 Å². The van der Waals surface area contributed by atoms with Gasteiger partial charge in [0.05, 0.1) is 6.20 Å². The fourth-order valence-corrected chi connectivity index (χ4v) is 2.61. The monoisotopic (exact) mass is 288 g/mol. The number of hydrogen-bond donors (Lipinski definition) is 2. The number of phenolic OH excluding ortho intramolecular Hbond substituents is 1. The van der Waals surface area contributed by atoms with Crippen LogP contribution in [0.5, 0.6) is 5.75 Å². The zero-order valence-electron chi connectivity index (χ0n) is 11.6. The Morgan fingerprint density at radius 3 is 2.55 bits per heavy atom. The molecular weight excluding hydrogens is 272 g/mol. The fraction of sp³-hybridized carbons (Fsp3) is 0.200. The molecule has 2 aromatic rings. The Morgan fingerprint density at radius 1 is 1.30 bits per heavy atom. The maximum atomic E-state index is 11.4. The van der Waals surface area contributed by atoms with Gasteiger partial charge in [-0.15, -0.1) is 11.3 Å². The van der Waals surface area contributed by atoms with Gasteiger partial charge in [0.1, 0.15) is 15.6 Å². The summed E-state index contributed by atoms with van der Waals surface area (Å²) in [5, 5.41) is 13.1. The minimum absolute atomic E-state index is 0.126. The van der Waals surface area contributed by atoms with E-state index >= 15 is 0 Å². The van der Waals surface area contributed by atoms with Crippen molar-refractivity contribution < 1.29 is 9.90 Å². The van der Waals surface area contributed by atoms with Crippen LogP contribution >= 0.6 is 11.3 Å². The lowest BCUT2D eigenvalue weighted by Crippen LogP contribution is -2.16. The van der Waals surface area contributed by atoms with Crippen molar-refractivity contribution in [2.75, 3.05) is 7.05 Å². The summed E-state index contributed by atoms with van der Waals surface area (Å²) in [5.41, 5.74) is 2.68. The lowest BCUT2D eigenvalue weighted by molar-refractivity contribution is 0.0967. The van der Waals surface area contributed by atoms with E-state index in [0.29, 0.717) is 10.6 Å². The number of aryl methyl sites for hydroxylation is 2. The van der Waals surface area contributed by atoms with Gasteiger partial charge in [-0.2, -0.15) is 0 Å². The first-order valence-corrected chi connectivity index (χ1v) is 6.99. The number of benzene rings is 1. The molecule has 2 N–H and O–H groups in total. The summed E-state index contributed by atoms with van der Waals surface area (Å²) in [6.07, 6.45) is 5.35. The van der Waals surface area contributed by atoms with Gasteiger partial charge in [-0.1, -0.05) is 6.08 Å². The molecule has 0 spiro atoms. The third-order valence-corrected chi connectivity index (χ3v) is 3.87. The van der Waals surface area contributed by atoms with Crippen LogP contribution < -0.4 is 5.32 Å². The first kappa shape index (κ1) is 14.3. The van der Waals surface area contributed by atoms with Gasteiger partial charge in [0, 0.05) is 7.05 Å². The summed E-state index contributed by atoms with van der Waals surface area (Å²) in [7, 11) is 1.60. The van der Waals surface area contributed by atoms with Crippen LogP contribution in [0.1, 0.15) is 31.4 Å². The average molecular weight is 288 g/mol. The summed E-state index contributed by atoms with van der Waals surface area (Å²) in [4.78, 5) is 16.2. The lowest BCUT2D eigenvalue weighted by atomic mass is 10.1. The molecule has 4 nitrogen and oxygen atoms in total. The number of amides is 1. The first-order valence-electron chi connectivity index (χ1n) is 6.17. The Kier molecular flexibility index (Phi) is 4.20. The largest absolute Gasteiger partial charge is 0.507 e.